The van der Waals surface area contributed by atoms with Crippen LogP contribution in [0, 0.1) is 0 Å². The smallest absolute Gasteiger partial charge is 0.155 e. The largest absolute Gasteiger partial charge is 0.394 e. The molecule has 1 aliphatic carbocycles. The monoisotopic (exact) mass is 255 g/mol. The lowest BCUT2D eigenvalue weighted by Gasteiger charge is -2.06. The zero-order valence-corrected chi connectivity index (χ0v) is 10.5. The van der Waals surface area contributed by atoms with Crippen LogP contribution in [0.5, 0.6) is 0 Å². The van der Waals surface area contributed by atoms with Crippen LogP contribution in [0.1, 0.15) is 18.4 Å². The van der Waals surface area contributed by atoms with Gasteiger partial charge in [0.25, 0.3) is 0 Å². The molecule has 1 saturated carbocycles. The summed E-state index contributed by atoms with van der Waals surface area (Å²) >= 11 is 0. The number of benzene rings is 1. The maximum absolute atomic E-state index is 11.9. The number of hydrogen-bond acceptors (Lipinski definition) is 4. The van der Waals surface area contributed by atoms with Gasteiger partial charge in [0, 0.05) is 11.7 Å². The molecule has 0 spiro atoms. The second kappa shape index (κ2) is 4.08. The van der Waals surface area contributed by atoms with E-state index in [1.54, 1.807) is 6.92 Å². The predicted molar refractivity (Wildman–Crippen MR) is 66.4 cm³/mol. The minimum absolute atomic E-state index is 0.0555. The Bertz CT molecular complexity index is 500. The van der Waals surface area contributed by atoms with Crippen molar-refractivity contribution in [2.45, 2.75) is 23.6 Å². The quantitative estimate of drug-likeness (QED) is 0.809. The van der Waals surface area contributed by atoms with Gasteiger partial charge in [-0.25, -0.2) is 8.42 Å². The lowest BCUT2D eigenvalue weighted by atomic mass is 10.1. The second-order valence-corrected chi connectivity index (χ2v) is 6.94. The number of aliphatic hydroxyl groups is 1. The summed E-state index contributed by atoms with van der Waals surface area (Å²) in [6.45, 7) is 1.30. The minimum Gasteiger partial charge on any atom is -0.394 e. The summed E-state index contributed by atoms with van der Waals surface area (Å²) in [7, 11) is -3.23. The fourth-order valence-electron chi connectivity index (χ4n) is 2.48. The van der Waals surface area contributed by atoms with Gasteiger partial charge in [0.1, 0.15) is 0 Å². The molecule has 1 aromatic rings. The number of aliphatic hydroxyl groups excluding tert-OH is 1. The van der Waals surface area contributed by atoms with Crippen LogP contribution >= 0.6 is 0 Å². The molecular weight excluding hydrogens is 238 g/mol. The van der Waals surface area contributed by atoms with Gasteiger partial charge in [-0.05, 0) is 5.56 Å². The zero-order chi connectivity index (χ0) is 12.7. The standard InChI is InChI=1S/C12H17NO3S/c1-2-17(15,16)11-10(12(11,13)8-14)9-6-4-3-5-7-9/h3-7,10-11,14H,2,8,13H2,1H3/t10-,11+,12+/m0/s1. The van der Waals surface area contributed by atoms with E-state index in [2.05, 4.69) is 0 Å². The molecule has 3 atom stereocenters. The van der Waals surface area contributed by atoms with Crippen molar-refractivity contribution in [3.05, 3.63) is 35.9 Å². The van der Waals surface area contributed by atoms with Crippen LogP contribution < -0.4 is 5.73 Å². The summed E-state index contributed by atoms with van der Waals surface area (Å²) in [5, 5.41) is 8.68. The van der Waals surface area contributed by atoms with Gasteiger partial charge in [-0.3, -0.25) is 0 Å². The Morgan fingerprint density at radius 3 is 2.41 bits per heavy atom. The molecular formula is C12H17NO3S. The third-order valence-electron chi connectivity index (χ3n) is 3.52. The third-order valence-corrected chi connectivity index (χ3v) is 5.81. The van der Waals surface area contributed by atoms with E-state index in [9.17, 15) is 13.5 Å². The molecule has 0 bridgehead atoms. The van der Waals surface area contributed by atoms with Crippen molar-refractivity contribution in [1.29, 1.82) is 0 Å². The van der Waals surface area contributed by atoms with Gasteiger partial charge >= 0.3 is 0 Å². The highest BCUT2D eigenvalue weighted by Crippen LogP contribution is 2.53. The zero-order valence-electron chi connectivity index (χ0n) is 9.70. The van der Waals surface area contributed by atoms with Gasteiger partial charge in [-0.1, -0.05) is 37.3 Å². The maximum atomic E-state index is 11.9. The van der Waals surface area contributed by atoms with Crippen LogP contribution in [0.3, 0.4) is 0 Å². The fraction of sp³-hybridized carbons (Fsp3) is 0.500. The molecule has 5 heteroatoms. The van der Waals surface area contributed by atoms with Crippen LogP contribution in [0.25, 0.3) is 0 Å². The summed E-state index contributed by atoms with van der Waals surface area (Å²) in [5.41, 5.74) is 5.86. The first-order valence-electron chi connectivity index (χ1n) is 5.63. The Labute approximate surface area is 101 Å². The Morgan fingerprint density at radius 2 is 1.94 bits per heavy atom. The van der Waals surface area contributed by atoms with Crippen molar-refractivity contribution < 1.29 is 13.5 Å². The Hall–Kier alpha value is -0.910. The molecule has 1 aromatic carbocycles. The van der Waals surface area contributed by atoms with Crippen molar-refractivity contribution in [1.82, 2.24) is 0 Å². The van der Waals surface area contributed by atoms with E-state index in [0.717, 1.165) is 5.56 Å². The highest BCUT2D eigenvalue weighted by Gasteiger charge is 2.68. The molecule has 0 radical (unpaired) electrons. The topological polar surface area (TPSA) is 80.4 Å². The van der Waals surface area contributed by atoms with Crippen molar-refractivity contribution in [3.63, 3.8) is 0 Å². The van der Waals surface area contributed by atoms with Gasteiger partial charge in [0.15, 0.2) is 9.84 Å². The molecule has 4 nitrogen and oxygen atoms in total. The highest BCUT2D eigenvalue weighted by atomic mass is 32.2. The summed E-state index contributed by atoms with van der Waals surface area (Å²) in [4.78, 5) is 0. The lowest BCUT2D eigenvalue weighted by Crippen LogP contribution is -2.35. The van der Waals surface area contributed by atoms with Crippen molar-refractivity contribution >= 4 is 9.84 Å². The molecule has 0 unspecified atom stereocenters. The van der Waals surface area contributed by atoms with E-state index >= 15 is 0 Å². The summed E-state index contributed by atoms with van der Waals surface area (Å²) in [6.07, 6.45) is 0. The minimum atomic E-state index is -3.23. The van der Waals surface area contributed by atoms with Gasteiger partial charge in [0.05, 0.1) is 17.4 Å². The number of nitrogens with two attached hydrogens (primary N) is 1. The Morgan fingerprint density at radius 1 is 1.35 bits per heavy atom. The van der Waals surface area contributed by atoms with Gasteiger partial charge in [0.2, 0.25) is 0 Å². The van der Waals surface area contributed by atoms with E-state index < -0.39 is 20.6 Å². The Kier molecular flexibility index (Phi) is 3.01. The molecule has 0 heterocycles. The molecule has 3 N–H and O–H groups in total. The first-order chi connectivity index (χ1) is 7.97. The van der Waals surface area contributed by atoms with Crippen LogP contribution in [-0.4, -0.2) is 36.7 Å². The first kappa shape index (κ1) is 12.5. The van der Waals surface area contributed by atoms with Crippen molar-refractivity contribution in [3.8, 4) is 0 Å². The molecule has 2 rings (SSSR count). The Balaban J connectivity index is 2.37. The molecule has 0 aromatic heterocycles. The van der Waals surface area contributed by atoms with Crippen LogP contribution in [0.2, 0.25) is 0 Å². The molecule has 17 heavy (non-hydrogen) atoms. The summed E-state index contributed by atoms with van der Waals surface area (Å²) in [5.74, 6) is -0.237. The number of hydrogen-bond donors (Lipinski definition) is 2. The van der Waals surface area contributed by atoms with Gasteiger partial charge in [-0.15, -0.1) is 0 Å². The average Bonchev–Trinajstić information content (AvgIpc) is 2.99. The SMILES string of the molecule is CCS(=O)(=O)[C@@H]1[C@H](c2ccccc2)[C@]1(N)CO. The molecule has 0 aliphatic heterocycles. The van der Waals surface area contributed by atoms with E-state index in [0.29, 0.717) is 0 Å². The molecule has 0 amide bonds. The maximum Gasteiger partial charge on any atom is 0.155 e. The summed E-state index contributed by atoms with van der Waals surface area (Å²) in [6, 6.07) is 9.27. The lowest BCUT2D eigenvalue weighted by molar-refractivity contribution is 0.253. The number of sulfone groups is 1. The number of rotatable bonds is 4. The van der Waals surface area contributed by atoms with E-state index in [4.69, 9.17) is 5.73 Å². The van der Waals surface area contributed by atoms with Crippen molar-refractivity contribution in [2.75, 3.05) is 12.4 Å². The highest BCUT2D eigenvalue weighted by molar-refractivity contribution is 7.92. The molecule has 1 fully saturated rings. The second-order valence-electron chi connectivity index (χ2n) is 4.53. The van der Waals surface area contributed by atoms with Crippen LogP contribution in [0.15, 0.2) is 30.3 Å². The predicted octanol–water partition coefficient (Wildman–Crippen LogP) is 0.277. The fourth-order valence-corrected chi connectivity index (χ4v) is 4.47. The summed E-state index contributed by atoms with van der Waals surface area (Å²) < 4.78 is 23.9. The first-order valence-corrected chi connectivity index (χ1v) is 7.35. The van der Waals surface area contributed by atoms with E-state index in [1.807, 2.05) is 30.3 Å². The average molecular weight is 255 g/mol. The van der Waals surface area contributed by atoms with E-state index in [-0.39, 0.29) is 18.3 Å². The van der Waals surface area contributed by atoms with Gasteiger partial charge < -0.3 is 10.8 Å². The van der Waals surface area contributed by atoms with Crippen LogP contribution in [0.4, 0.5) is 0 Å². The van der Waals surface area contributed by atoms with Crippen LogP contribution in [-0.2, 0) is 9.84 Å². The van der Waals surface area contributed by atoms with Gasteiger partial charge in [-0.2, -0.15) is 0 Å². The molecule has 1 aliphatic rings. The normalized spacial score (nSPS) is 32.4. The van der Waals surface area contributed by atoms with E-state index in [1.165, 1.54) is 0 Å². The van der Waals surface area contributed by atoms with Crippen molar-refractivity contribution in [2.24, 2.45) is 5.73 Å². The molecule has 0 saturated heterocycles. The molecule has 94 valence electrons. The third kappa shape index (κ3) is 1.88.